The molecular weight excluding hydrogens is 268 g/mol. The standard InChI is InChI=1S/C15H24N4O2/c1-4-11-12(5-2)17-18-14(13(11)15(20)21)16-10-6-8-19(3)9-7-10/h10H,4-9H2,1-3H3,(H,16,18)(H,20,21). The summed E-state index contributed by atoms with van der Waals surface area (Å²) in [6, 6.07) is 0.269. The highest BCUT2D eigenvalue weighted by atomic mass is 16.4. The lowest BCUT2D eigenvalue weighted by molar-refractivity contribution is 0.0696. The van der Waals surface area contributed by atoms with E-state index in [1.165, 1.54) is 0 Å². The van der Waals surface area contributed by atoms with E-state index >= 15 is 0 Å². The lowest BCUT2D eigenvalue weighted by atomic mass is 10.0. The third-order valence-corrected chi connectivity index (χ3v) is 4.12. The molecule has 0 spiro atoms. The summed E-state index contributed by atoms with van der Waals surface area (Å²) in [6.07, 6.45) is 3.34. The molecule has 21 heavy (non-hydrogen) atoms. The lowest BCUT2D eigenvalue weighted by Crippen LogP contribution is -2.37. The number of likely N-dealkylation sites (tertiary alicyclic amines) is 1. The van der Waals surface area contributed by atoms with Gasteiger partial charge in [-0.3, -0.25) is 0 Å². The smallest absolute Gasteiger partial charge is 0.339 e. The summed E-state index contributed by atoms with van der Waals surface area (Å²) in [4.78, 5) is 13.9. The molecule has 1 aliphatic heterocycles. The Bertz CT molecular complexity index is 511. The normalized spacial score (nSPS) is 16.9. The van der Waals surface area contributed by atoms with Crippen LogP contribution in [-0.4, -0.2) is 52.4 Å². The minimum Gasteiger partial charge on any atom is -0.478 e. The van der Waals surface area contributed by atoms with E-state index in [2.05, 4.69) is 27.5 Å². The number of aromatic carboxylic acids is 1. The number of aromatic nitrogens is 2. The predicted molar refractivity (Wildman–Crippen MR) is 81.9 cm³/mol. The van der Waals surface area contributed by atoms with Gasteiger partial charge < -0.3 is 15.3 Å². The van der Waals surface area contributed by atoms with Crippen molar-refractivity contribution in [1.29, 1.82) is 0 Å². The van der Waals surface area contributed by atoms with Gasteiger partial charge in [0.05, 0.1) is 5.69 Å². The Hall–Kier alpha value is -1.69. The molecule has 1 aromatic heterocycles. The Morgan fingerprint density at radius 1 is 1.29 bits per heavy atom. The van der Waals surface area contributed by atoms with E-state index in [1.807, 2.05) is 13.8 Å². The van der Waals surface area contributed by atoms with Gasteiger partial charge in [-0.25, -0.2) is 4.79 Å². The largest absolute Gasteiger partial charge is 0.478 e. The summed E-state index contributed by atoms with van der Waals surface area (Å²) in [6.45, 7) is 5.96. The molecule has 0 saturated carbocycles. The summed E-state index contributed by atoms with van der Waals surface area (Å²) in [7, 11) is 2.10. The Labute approximate surface area is 125 Å². The molecule has 1 aromatic rings. The number of aryl methyl sites for hydroxylation is 1. The number of carboxylic acid groups (broad SMARTS) is 1. The fourth-order valence-corrected chi connectivity index (χ4v) is 2.85. The fourth-order valence-electron chi connectivity index (χ4n) is 2.85. The molecule has 1 aliphatic rings. The quantitative estimate of drug-likeness (QED) is 0.861. The average Bonchev–Trinajstić information content (AvgIpc) is 2.48. The van der Waals surface area contributed by atoms with Crippen molar-refractivity contribution in [2.24, 2.45) is 0 Å². The highest BCUT2D eigenvalue weighted by molar-refractivity contribution is 5.95. The van der Waals surface area contributed by atoms with E-state index in [1.54, 1.807) is 0 Å². The first kappa shape index (κ1) is 15.7. The van der Waals surface area contributed by atoms with Crippen LogP contribution in [0.1, 0.15) is 48.3 Å². The van der Waals surface area contributed by atoms with Gasteiger partial charge in [-0.15, -0.1) is 5.10 Å². The third kappa shape index (κ3) is 3.50. The van der Waals surface area contributed by atoms with Gasteiger partial charge in [0.15, 0.2) is 5.82 Å². The SMILES string of the molecule is CCc1nnc(NC2CCN(C)CC2)c(C(=O)O)c1CC. The van der Waals surface area contributed by atoms with Crippen molar-refractivity contribution in [2.45, 2.75) is 45.6 Å². The Morgan fingerprint density at radius 2 is 1.95 bits per heavy atom. The van der Waals surface area contributed by atoms with Crippen molar-refractivity contribution in [1.82, 2.24) is 15.1 Å². The first-order valence-electron chi connectivity index (χ1n) is 7.63. The van der Waals surface area contributed by atoms with Crippen LogP contribution >= 0.6 is 0 Å². The van der Waals surface area contributed by atoms with Gasteiger partial charge in [0, 0.05) is 6.04 Å². The molecule has 0 atom stereocenters. The monoisotopic (exact) mass is 292 g/mol. The molecule has 6 nitrogen and oxygen atoms in total. The highest BCUT2D eigenvalue weighted by Crippen LogP contribution is 2.23. The minimum absolute atomic E-state index is 0.269. The number of nitrogens with zero attached hydrogens (tertiary/aromatic N) is 3. The molecule has 0 aromatic carbocycles. The summed E-state index contributed by atoms with van der Waals surface area (Å²) in [5.41, 5.74) is 1.88. The molecule has 0 radical (unpaired) electrons. The average molecular weight is 292 g/mol. The van der Waals surface area contributed by atoms with Crippen LogP contribution in [0.15, 0.2) is 0 Å². The van der Waals surface area contributed by atoms with Crippen LogP contribution in [-0.2, 0) is 12.8 Å². The first-order valence-corrected chi connectivity index (χ1v) is 7.63. The number of hydrogen-bond donors (Lipinski definition) is 2. The predicted octanol–water partition coefficient (Wildman–Crippen LogP) is 1.81. The first-order chi connectivity index (χ1) is 10.1. The van der Waals surface area contributed by atoms with Crippen LogP contribution in [0.2, 0.25) is 0 Å². The third-order valence-electron chi connectivity index (χ3n) is 4.12. The zero-order valence-electron chi connectivity index (χ0n) is 13.0. The van der Waals surface area contributed by atoms with Gasteiger partial charge in [0.2, 0.25) is 0 Å². The molecule has 2 heterocycles. The summed E-state index contributed by atoms with van der Waals surface area (Å²) in [5, 5.41) is 21.2. The molecule has 1 fully saturated rings. The Kier molecular flexibility index (Phi) is 5.12. The summed E-state index contributed by atoms with van der Waals surface area (Å²) < 4.78 is 0. The Morgan fingerprint density at radius 3 is 2.48 bits per heavy atom. The number of nitrogens with one attached hydrogen (secondary N) is 1. The van der Waals surface area contributed by atoms with Crippen LogP contribution in [0.4, 0.5) is 5.82 Å². The molecule has 116 valence electrons. The van der Waals surface area contributed by atoms with Crippen molar-refractivity contribution in [3.05, 3.63) is 16.8 Å². The second-order valence-corrected chi connectivity index (χ2v) is 5.58. The number of piperidine rings is 1. The van der Waals surface area contributed by atoms with Gasteiger partial charge in [0.1, 0.15) is 5.56 Å². The van der Waals surface area contributed by atoms with Crippen molar-refractivity contribution < 1.29 is 9.90 Å². The van der Waals surface area contributed by atoms with Gasteiger partial charge in [-0.1, -0.05) is 13.8 Å². The highest BCUT2D eigenvalue weighted by Gasteiger charge is 2.23. The van der Waals surface area contributed by atoms with E-state index in [0.29, 0.717) is 24.2 Å². The van der Waals surface area contributed by atoms with Crippen LogP contribution < -0.4 is 5.32 Å². The molecule has 1 saturated heterocycles. The number of rotatable bonds is 5. The fraction of sp³-hybridized carbons (Fsp3) is 0.667. The van der Waals surface area contributed by atoms with Crippen LogP contribution in [0.25, 0.3) is 0 Å². The van der Waals surface area contributed by atoms with Crippen molar-refractivity contribution in [2.75, 3.05) is 25.5 Å². The molecule has 2 rings (SSSR count). The van der Waals surface area contributed by atoms with E-state index in [4.69, 9.17) is 0 Å². The molecule has 6 heteroatoms. The van der Waals surface area contributed by atoms with Crippen LogP contribution in [0.3, 0.4) is 0 Å². The summed E-state index contributed by atoms with van der Waals surface area (Å²) >= 11 is 0. The number of carbonyl (C=O) groups is 1. The molecule has 0 aliphatic carbocycles. The second-order valence-electron chi connectivity index (χ2n) is 5.58. The van der Waals surface area contributed by atoms with E-state index in [-0.39, 0.29) is 6.04 Å². The molecular formula is C15H24N4O2. The maximum Gasteiger partial charge on any atom is 0.339 e. The number of anilines is 1. The number of hydrogen-bond acceptors (Lipinski definition) is 5. The van der Waals surface area contributed by atoms with E-state index in [9.17, 15) is 9.90 Å². The zero-order valence-corrected chi connectivity index (χ0v) is 13.0. The van der Waals surface area contributed by atoms with Crippen molar-refractivity contribution in [3.63, 3.8) is 0 Å². The second kappa shape index (κ2) is 6.85. The lowest BCUT2D eigenvalue weighted by Gasteiger charge is -2.30. The van der Waals surface area contributed by atoms with Gasteiger partial charge in [-0.2, -0.15) is 5.10 Å². The maximum absolute atomic E-state index is 11.6. The number of carboxylic acids is 1. The maximum atomic E-state index is 11.6. The van der Waals surface area contributed by atoms with Crippen LogP contribution in [0, 0.1) is 0 Å². The minimum atomic E-state index is -0.924. The van der Waals surface area contributed by atoms with Gasteiger partial charge in [0.25, 0.3) is 0 Å². The van der Waals surface area contributed by atoms with Crippen molar-refractivity contribution in [3.8, 4) is 0 Å². The van der Waals surface area contributed by atoms with E-state index in [0.717, 1.165) is 37.2 Å². The van der Waals surface area contributed by atoms with Gasteiger partial charge in [-0.05, 0) is 51.4 Å². The Balaban J connectivity index is 2.28. The molecule has 0 bridgehead atoms. The van der Waals surface area contributed by atoms with Crippen LogP contribution in [0.5, 0.6) is 0 Å². The molecule has 2 N–H and O–H groups in total. The molecule has 0 unspecified atom stereocenters. The van der Waals surface area contributed by atoms with Gasteiger partial charge >= 0.3 is 5.97 Å². The molecule has 0 amide bonds. The van der Waals surface area contributed by atoms with Crippen molar-refractivity contribution >= 4 is 11.8 Å². The zero-order chi connectivity index (χ0) is 15.4. The van der Waals surface area contributed by atoms with E-state index < -0.39 is 5.97 Å². The topological polar surface area (TPSA) is 78.4 Å². The summed E-state index contributed by atoms with van der Waals surface area (Å²) in [5.74, 6) is -0.502.